The van der Waals surface area contributed by atoms with E-state index < -0.39 is 11.7 Å². The molecule has 0 aliphatic carbocycles. The highest BCUT2D eigenvalue weighted by molar-refractivity contribution is 5.67. The van der Waals surface area contributed by atoms with Crippen LogP contribution in [0.5, 0.6) is 0 Å². The van der Waals surface area contributed by atoms with Crippen LogP contribution in [-0.2, 0) is 9.53 Å². The summed E-state index contributed by atoms with van der Waals surface area (Å²) in [7, 11) is 0. The second-order valence-corrected chi connectivity index (χ2v) is 4.99. The van der Waals surface area contributed by atoms with Crippen molar-refractivity contribution < 1.29 is 19.4 Å². The Morgan fingerprint density at radius 2 is 1.82 bits per heavy atom. The maximum absolute atomic E-state index is 11.2. The van der Waals surface area contributed by atoms with Gasteiger partial charge in [-0.15, -0.1) is 6.42 Å². The molecule has 0 saturated heterocycles. The zero-order valence-electron chi connectivity index (χ0n) is 11.0. The van der Waals surface area contributed by atoms with Crippen molar-refractivity contribution in [3.63, 3.8) is 0 Å². The van der Waals surface area contributed by atoms with Crippen LogP contribution in [-0.4, -0.2) is 29.8 Å². The number of carboxylic acid groups (broad SMARTS) is 1. The van der Waals surface area contributed by atoms with E-state index in [4.69, 9.17) is 21.1 Å². The Morgan fingerprint density at radius 3 is 2.12 bits per heavy atom. The van der Waals surface area contributed by atoms with E-state index in [2.05, 4.69) is 11.2 Å². The normalized spacial score (nSPS) is 10.4. The third-order valence-corrected chi connectivity index (χ3v) is 1.46. The van der Waals surface area contributed by atoms with Crippen LogP contribution in [0.1, 0.15) is 34.6 Å². The van der Waals surface area contributed by atoms with Crippen LogP contribution in [0.2, 0.25) is 0 Å². The summed E-state index contributed by atoms with van der Waals surface area (Å²) >= 11 is 0. The summed E-state index contributed by atoms with van der Waals surface area (Å²) in [4.78, 5) is 19.6. The molecule has 0 aliphatic heterocycles. The molecule has 17 heavy (non-hydrogen) atoms. The lowest BCUT2D eigenvalue weighted by Gasteiger charge is -2.22. The van der Waals surface area contributed by atoms with Gasteiger partial charge in [0.1, 0.15) is 5.60 Å². The zero-order valence-corrected chi connectivity index (χ0v) is 11.0. The molecule has 0 aromatic rings. The van der Waals surface area contributed by atoms with Gasteiger partial charge in [0, 0.05) is 12.0 Å². The smallest absolute Gasteiger partial charge is 0.407 e. The maximum atomic E-state index is 11.2. The number of rotatable bonds is 2. The number of hydrogen-bond acceptors (Lipinski definition) is 3. The summed E-state index contributed by atoms with van der Waals surface area (Å²) < 4.78 is 5.06. The molecular formula is C12H21NO4. The highest BCUT2D eigenvalue weighted by atomic mass is 16.6. The number of amides is 1. The van der Waals surface area contributed by atoms with Crippen LogP contribution >= 0.6 is 0 Å². The van der Waals surface area contributed by atoms with Gasteiger partial charge in [-0.2, -0.15) is 0 Å². The molecule has 98 valence electrons. The van der Waals surface area contributed by atoms with Crippen LogP contribution < -0.4 is 5.32 Å². The van der Waals surface area contributed by atoms with E-state index in [1.807, 2.05) is 34.6 Å². The van der Waals surface area contributed by atoms with Crippen LogP contribution in [0.15, 0.2) is 0 Å². The lowest BCUT2D eigenvalue weighted by molar-refractivity contribution is -0.122. The van der Waals surface area contributed by atoms with Gasteiger partial charge in [-0.25, -0.2) is 4.79 Å². The largest absolute Gasteiger partial charge is 0.483 e. The summed E-state index contributed by atoms with van der Waals surface area (Å²) in [5.41, 5.74) is -0.804. The van der Waals surface area contributed by atoms with Gasteiger partial charge in [0.15, 0.2) is 0 Å². The standard InChI is InChI=1S/C11H19NO2.CH2O2/c1-7-11(5,6)8-12-9(13)14-10(2,3)4;2-1-3/h1H,8H2,2-6H3,(H,12,13);1H,(H,2,3). The summed E-state index contributed by atoms with van der Waals surface area (Å²) in [6.45, 7) is 9.38. The van der Waals surface area contributed by atoms with Gasteiger partial charge < -0.3 is 15.2 Å². The van der Waals surface area contributed by atoms with Crippen molar-refractivity contribution in [2.45, 2.75) is 40.2 Å². The molecule has 0 aliphatic rings. The Bertz CT molecular complexity index is 284. The number of carbonyl (C=O) groups excluding carboxylic acids is 1. The number of carbonyl (C=O) groups is 2. The molecule has 0 unspecified atom stereocenters. The first-order chi connectivity index (χ1) is 7.58. The van der Waals surface area contributed by atoms with Gasteiger partial charge in [0.05, 0.1) is 0 Å². The first-order valence-electron chi connectivity index (χ1n) is 5.10. The highest BCUT2D eigenvalue weighted by Gasteiger charge is 2.19. The molecule has 0 saturated carbocycles. The second kappa shape index (κ2) is 7.55. The number of nitrogens with one attached hydrogen (secondary N) is 1. The van der Waals surface area contributed by atoms with Crippen LogP contribution in [0, 0.1) is 17.8 Å². The topological polar surface area (TPSA) is 75.6 Å². The van der Waals surface area contributed by atoms with E-state index in [1.165, 1.54) is 0 Å². The quantitative estimate of drug-likeness (QED) is 0.573. The highest BCUT2D eigenvalue weighted by Crippen LogP contribution is 2.11. The molecule has 0 spiro atoms. The van der Waals surface area contributed by atoms with E-state index in [1.54, 1.807) is 0 Å². The van der Waals surface area contributed by atoms with E-state index >= 15 is 0 Å². The van der Waals surface area contributed by atoms with Crippen LogP contribution in [0.3, 0.4) is 0 Å². The minimum atomic E-state index is -0.468. The average Bonchev–Trinajstić information content (AvgIpc) is 2.14. The van der Waals surface area contributed by atoms with Crippen molar-refractivity contribution in [1.29, 1.82) is 0 Å². The zero-order chi connectivity index (χ0) is 14.1. The van der Waals surface area contributed by atoms with E-state index in [0.717, 1.165) is 0 Å². The molecule has 0 radical (unpaired) electrons. The Kier molecular flexibility index (Phi) is 7.86. The molecule has 0 fully saturated rings. The van der Waals surface area contributed by atoms with Gasteiger partial charge in [0.2, 0.25) is 0 Å². The molecule has 0 aromatic carbocycles. The number of alkyl carbamates (subject to hydrolysis) is 1. The summed E-state index contributed by atoms with van der Waals surface area (Å²) in [6, 6.07) is 0. The van der Waals surface area contributed by atoms with Gasteiger partial charge in [0.25, 0.3) is 6.47 Å². The fourth-order valence-corrected chi connectivity index (χ4v) is 0.658. The Balaban J connectivity index is 0. The predicted octanol–water partition coefficient (Wildman–Crippen LogP) is 1.87. The molecule has 0 aromatic heterocycles. The van der Waals surface area contributed by atoms with Crippen molar-refractivity contribution >= 4 is 12.6 Å². The molecule has 0 bridgehead atoms. The van der Waals surface area contributed by atoms with Crippen LogP contribution in [0.25, 0.3) is 0 Å². The number of terminal acetylenes is 1. The van der Waals surface area contributed by atoms with E-state index in [-0.39, 0.29) is 11.9 Å². The molecule has 1 amide bonds. The van der Waals surface area contributed by atoms with Gasteiger partial charge in [-0.05, 0) is 34.6 Å². The van der Waals surface area contributed by atoms with Crippen molar-refractivity contribution in [2.24, 2.45) is 5.41 Å². The minimum Gasteiger partial charge on any atom is -0.483 e. The summed E-state index contributed by atoms with van der Waals surface area (Å²) in [6.07, 6.45) is 4.85. The van der Waals surface area contributed by atoms with Crippen molar-refractivity contribution in [2.75, 3.05) is 6.54 Å². The number of hydrogen-bond donors (Lipinski definition) is 2. The molecular weight excluding hydrogens is 222 g/mol. The Morgan fingerprint density at radius 1 is 1.41 bits per heavy atom. The van der Waals surface area contributed by atoms with Crippen molar-refractivity contribution in [1.82, 2.24) is 5.32 Å². The first-order valence-corrected chi connectivity index (χ1v) is 5.10. The van der Waals surface area contributed by atoms with Gasteiger partial charge in [-0.3, -0.25) is 4.79 Å². The Hall–Kier alpha value is -1.70. The minimum absolute atomic E-state index is 0.250. The average molecular weight is 243 g/mol. The molecule has 2 N–H and O–H groups in total. The second-order valence-electron chi connectivity index (χ2n) is 4.99. The van der Waals surface area contributed by atoms with E-state index in [0.29, 0.717) is 6.54 Å². The van der Waals surface area contributed by atoms with Crippen molar-refractivity contribution in [3.8, 4) is 12.3 Å². The lowest BCUT2D eigenvalue weighted by Crippen LogP contribution is -2.37. The van der Waals surface area contributed by atoms with Crippen molar-refractivity contribution in [3.05, 3.63) is 0 Å². The Labute approximate surface area is 103 Å². The summed E-state index contributed by atoms with van der Waals surface area (Å²) in [5.74, 6) is 2.59. The van der Waals surface area contributed by atoms with Gasteiger partial charge in [-0.1, -0.05) is 5.92 Å². The first kappa shape index (κ1) is 17.7. The lowest BCUT2D eigenvalue weighted by atomic mass is 9.95. The maximum Gasteiger partial charge on any atom is 0.407 e. The van der Waals surface area contributed by atoms with Crippen LogP contribution in [0.4, 0.5) is 4.79 Å². The molecule has 0 heterocycles. The number of ether oxygens (including phenoxy) is 1. The third-order valence-electron chi connectivity index (χ3n) is 1.46. The molecule has 5 nitrogen and oxygen atoms in total. The fourth-order valence-electron chi connectivity index (χ4n) is 0.658. The predicted molar refractivity (Wildman–Crippen MR) is 65.5 cm³/mol. The van der Waals surface area contributed by atoms with Gasteiger partial charge >= 0.3 is 6.09 Å². The molecule has 5 heteroatoms. The SMILES string of the molecule is C#CC(C)(C)CNC(=O)OC(C)(C)C.O=CO. The third kappa shape index (κ3) is 14.3. The fraction of sp³-hybridized carbons (Fsp3) is 0.667. The summed E-state index contributed by atoms with van der Waals surface area (Å²) in [5, 5.41) is 9.52. The molecule has 0 rings (SSSR count). The molecule has 0 atom stereocenters. The monoisotopic (exact) mass is 243 g/mol. The van der Waals surface area contributed by atoms with E-state index in [9.17, 15) is 4.79 Å².